The SMILES string of the molecule is O=C(NC1(c2cc(C(F)(F)F)cc(C(F)(F)F)c2)CC1)c1cc(C(F)(F)F)[nH]n1. The van der Waals surface area contributed by atoms with E-state index in [1.807, 2.05) is 0 Å². The second-order valence-corrected chi connectivity index (χ2v) is 6.50. The summed E-state index contributed by atoms with van der Waals surface area (Å²) in [6.07, 6.45) is -14.9. The topological polar surface area (TPSA) is 57.8 Å². The van der Waals surface area contributed by atoms with Crippen LogP contribution < -0.4 is 5.32 Å². The Morgan fingerprint density at radius 1 is 0.862 bits per heavy atom. The number of H-pyrrole nitrogens is 1. The molecular weight excluding hydrogens is 421 g/mol. The number of hydrogen-bond acceptors (Lipinski definition) is 2. The normalized spacial score (nSPS) is 16.6. The number of aromatic nitrogens is 2. The van der Waals surface area contributed by atoms with Crippen molar-refractivity contribution < 1.29 is 44.3 Å². The minimum Gasteiger partial charge on any atom is -0.341 e. The van der Waals surface area contributed by atoms with E-state index in [1.165, 1.54) is 0 Å². The molecule has 158 valence electrons. The Kier molecular flexibility index (Phi) is 4.62. The first-order valence-corrected chi connectivity index (χ1v) is 7.87. The lowest BCUT2D eigenvalue weighted by Gasteiger charge is -2.21. The van der Waals surface area contributed by atoms with Crippen molar-refractivity contribution in [3.05, 3.63) is 52.3 Å². The van der Waals surface area contributed by atoms with Gasteiger partial charge in [0.1, 0.15) is 5.69 Å². The van der Waals surface area contributed by atoms with Crippen LogP contribution >= 0.6 is 0 Å². The molecule has 29 heavy (non-hydrogen) atoms. The molecule has 13 heteroatoms. The van der Waals surface area contributed by atoms with Crippen molar-refractivity contribution in [2.45, 2.75) is 36.9 Å². The van der Waals surface area contributed by atoms with Gasteiger partial charge in [-0.2, -0.15) is 44.6 Å². The van der Waals surface area contributed by atoms with Crippen LogP contribution in [0.25, 0.3) is 0 Å². The summed E-state index contributed by atoms with van der Waals surface area (Å²) < 4.78 is 116. The van der Waals surface area contributed by atoms with E-state index < -0.39 is 58.1 Å². The molecule has 1 saturated carbocycles. The fourth-order valence-electron chi connectivity index (χ4n) is 2.71. The molecule has 1 fully saturated rings. The fraction of sp³-hybridized carbons (Fsp3) is 0.375. The number of alkyl halides is 9. The van der Waals surface area contributed by atoms with E-state index >= 15 is 0 Å². The number of benzene rings is 1. The molecule has 0 spiro atoms. The Morgan fingerprint density at radius 2 is 1.38 bits per heavy atom. The van der Waals surface area contributed by atoms with Gasteiger partial charge in [-0.25, -0.2) is 0 Å². The predicted molar refractivity (Wildman–Crippen MR) is 78.4 cm³/mol. The van der Waals surface area contributed by atoms with Crippen molar-refractivity contribution in [1.82, 2.24) is 15.5 Å². The lowest BCUT2D eigenvalue weighted by molar-refractivity contribution is -0.143. The Hall–Kier alpha value is -2.73. The third-order valence-corrected chi connectivity index (χ3v) is 4.36. The van der Waals surface area contributed by atoms with E-state index in [-0.39, 0.29) is 18.9 Å². The summed E-state index contributed by atoms with van der Waals surface area (Å²) in [6, 6.07) is 1.30. The molecule has 0 saturated heterocycles. The van der Waals surface area contributed by atoms with E-state index in [0.29, 0.717) is 18.2 Å². The molecule has 1 aromatic heterocycles. The standard InChI is InChI=1S/C16H10F9N3O/c17-14(18,19)8-3-7(4-9(5-8)15(20,21)22)13(1-2-13)26-12(29)10-6-11(28-27-10)16(23,24)25/h3-6H,1-2H2,(H,26,29)(H,27,28). The minimum absolute atomic E-state index is 0.00784. The number of rotatable bonds is 3. The van der Waals surface area contributed by atoms with Crippen LogP contribution in [0.15, 0.2) is 24.3 Å². The second kappa shape index (κ2) is 6.39. The van der Waals surface area contributed by atoms with Crippen molar-refractivity contribution in [2.24, 2.45) is 0 Å². The Morgan fingerprint density at radius 3 is 1.76 bits per heavy atom. The van der Waals surface area contributed by atoms with Crippen LogP contribution in [0, 0.1) is 0 Å². The van der Waals surface area contributed by atoms with Crippen LogP contribution in [0.3, 0.4) is 0 Å². The molecular formula is C16H10F9N3O. The molecule has 2 aromatic rings. The molecule has 0 unspecified atom stereocenters. The van der Waals surface area contributed by atoms with Crippen molar-refractivity contribution in [2.75, 3.05) is 0 Å². The first kappa shape index (κ1) is 21.0. The van der Waals surface area contributed by atoms with Crippen LogP contribution in [-0.4, -0.2) is 16.1 Å². The van der Waals surface area contributed by atoms with E-state index in [4.69, 9.17) is 0 Å². The van der Waals surface area contributed by atoms with Gasteiger partial charge in [0.2, 0.25) is 0 Å². The highest BCUT2D eigenvalue weighted by Gasteiger charge is 2.48. The summed E-state index contributed by atoms with van der Waals surface area (Å²) in [5.41, 5.74) is -7.14. The van der Waals surface area contributed by atoms with Gasteiger partial charge in [-0.05, 0) is 36.6 Å². The van der Waals surface area contributed by atoms with Gasteiger partial charge < -0.3 is 5.32 Å². The van der Waals surface area contributed by atoms with Gasteiger partial charge in [-0.3, -0.25) is 9.89 Å². The fourth-order valence-corrected chi connectivity index (χ4v) is 2.71. The monoisotopic (exact) mass is 431 g/mol. The number of nitrogens with zero attached hydrogens (tertiary/aromatic N) is 1. The summed E-state index contributed by atoms with van der Waals surface area (Å²) in [6.45, 7) is 0. The zero-order chi connectivity index (χ0) is 21.8. The highest BCUT2D eigenvalue weighted by atomic mass is 19.4. The van der Waals surface area contributed by atoms with Gasteiger partial charge in [-0.15, -0.1) is 0 Å². The second-order valence-electron chi connectivity index (χ2n) is 6.50. The van der Waals surface area contributed by atoms with Crippen molar-refractivity contribution in [3.8, 4) is 0 Å². The van der Waals surface area contributed by atoms with Crippen LogP contribution in [-0.2, 0) is 24.1 Å². The smallest absolute Gasteiger partial charge is 0.341 e. The van der Waals surface area contributed by atoms with Gasteiger partial charge in [-0.1, -0.05) is 0 Å². The van der Waals surface area contributed by atoms with Gasteiger partial charge in [0.25, 0.3) is 5.91 Å². The zero-order valence-corrected chi connectivity index (χ0v) is 14.0. The number of carbonyl (C=O) groups excluding carboxylic acids is 1. The van der Waals surface area contributed by atoms with Crippen LogP contribution in [0.4, 0.5) is 39.5 Å². The molecule has 0 radical (unpaired) electrons. The molecule has 1 aromatic carbocycles. The third-order valence-electron chi connectivity index (χ3n) is 4.36. The molecule has 1 heterocycles. The Labute approximate surface area is 156 Å². The summed E-state index contributed by atoms with van der Waals surface area (Å²) in [5, 5.41) is 6.98. The van der Waals surface area contributed by atoms with Gasteiger partial charge in [0.05, 0.1) is 16.7 Å². The maximum absolute atomic E-state index is 13.0. The average molecular weight is 431 g/mol. The molecule has 3 rings (SSSR count). The van der Waals surface area contributed by atoms with E-state index in [0.717, 1.165) is 0 Å². The lowest BCUT2D eigenvalue weighted by Crippen LogP contribution is -2.35. The summed E-state index contributed by atoms with van der Waals surface area (Å²) in [7, 11) is 0. The molecule has 2 N–H and O–H groups in total. The molecule has 0 aliphatic heterocycles. The molecule has 4 nitrogen and oxygen atoms in total. The van der Waals surface area contributed by atoms with E-state index in [1.54, 1.807) is 5.10 Å². The molecule has 1 amide bonds. The summed E-state index contributed by atoms with van der Waals surface area (Å²) in [4.78, 5) is 12.2. The first-order chi connectivity index (χ1) is 13.1. The number of amides is 1. The molecule has 0 atom stereocenters. The van der Waals surface area contributed by atoms with Crippen molar-refractivity contribution in [1.29, 1.82) is 0 Å². The van der Waals surface area contributed by atoms with Gasteiger partial charge >= 0.3 is 18.5 Å². The quantitative estimate of drug-likeness (QED) is 0.681. The summed E-state index contributed by atoms with van der Waals surface area (Å²) in [5.74, 6) is -1.17. The maximum Gasteiger partial charge on any atom is 0.432 e. The van der Waals surface area contributed by atoms with Gasteiger partial charge in [0.15, 0.2) is 5.69 Å². The largest absolute Gasteiger partial charge is 0.432 e. The van der Waals surface area contributed by atoms with Crippen LogP contribution in [0.2, 0.25) is 0 Å². The number of carbonyl (C=O) groups is 1. The van der Waals surface area contributed by atoms with E-state index in [2.05, 4.69) is 10.4 Å². The number of aromatic amines is 1. The first-order valence-electron chi connectivity index (χ1n) is 7.87. The number of halogens is 9. The number of hydrogen-bond donors (Lipinski definition) is 2. The molecule has 1 aliphatic rings. The Bertz CT molecular complexity index is 904. The zero-order valence-electron chi connectivity index (χ0n) is 14.0. The van der Waals surface area contributed by atoms with Crippen molar-refractivity contribution >= 4 is 5.91 Å². The summed E-state index contributed by atoms with van der Waals surface area (Å²) >= 11 is 0. The average Bonchev–Trinajstić information content (AvgIpc) is 3.16. The lowest BCUT2D eigenvalue weighted by atomic mass is 9.97. The van der Waals surface area contributed by atoms with E-state index in [9.17, 15) is 44.3 Å². The minimum atomic E-state index is -5.07. The maximum atomic E-state index is 13.0. The third kappa shape index (κ3) is 4.32. The van der Waals surface area contributed by atoms with Crippen molar-refractivity contribution in [3.63, 3.8) is 0 Å². The Balaban J connectivity index is 1.94. The number of nitrogens with one attached hydrogen (secondary N) is 2. The highest BCUT2D eigenvalue weighted by molar-refractivity contribution is 5.93. The van der Waals surface area contributed by atoms with Crippen LogP contribution in [0.1, 0.15) is 45.7 Å². The molecule has 1 aliphatic carbocycles. The predicted octanol–water partition coefficient (Wildman–Crippen LogP) is 4.89. The molecule has 0 bridgehead atoms. The van der Waals surface area contributed by atoms with Gasteiger partial charge in [0, 0.05) is 6.07 Å². The highest BCUT2D eigenvalue weighted by Crippen LogP contribution is 2.48. The van der Waals surface area contributed by atoms with Crippen LogP contribution in [0.5, 0.6) is 0 Å².